The second-order valence-corrected chi connectivity index (χ2v) is 8.80. The fourth-order valence-corrected chi connectivity index (χ4v) is 3.58. The Morgan fingerprint density at radius 3 is 1.82 bits per heavy atom. The lowest BCUT2D eigenvalue weighted by Crippen LogP contribution is -2.58. The molecule has 13 heteroatoms. The average molecular weight is 545 g/mol. The number of phenolic OH excluding ortho intramolecular Hbond substituents is 1. The molecular weight excluding hydrogens is 512 g/mol. The van der Waals surface area contributed by atoms with E-state index in [4.69, 9.17) is 10.8 Å². The van der Waals surface area contributed by atoms with Gasteiger partial charge < -0.3 is 42.1 Å². The maximum Gasteiger partial charge on any atom is 0.326 e. The highest BCUT2D eigenvalue weighted by atomic mass is 16.4. The van der Waals surface area contributed by atoms with Gasteiger partial charge in [-0.3, -0.25) is 19.2 Å². The number of carboxylic acid groups (broad SMARTS) is 2. The average Bonchev–Trinajstić information content (AvgIpc) is 2.90. The number of carbonyl (C=O) groups is 5. The van der Waals surface area contributed by atoms with Crippen LogP contribution in [0.4, 0.5) is 0 Å². The van der Waals surface area contributed by atoms with Crippen LogP contribution < -0.4 is 21.7 Å². The number of carboxylic acids is 2. The summed E-state index contributed by atoms with van der Waals surface area (Å²) in [6.45, 7) is -0.820. The number of aromatic hydroxyl groups is 1. The summed E-state index contributed by atoms with van der Waals surface area (Å²) in [5.74, 6) is -5.21. The van der Waals surface area contributed by atoms with Crippen LogP contribution in [0.5, 0.6) is 5.75 Å². The van der Waals surface area contributed by atoms with Crippen molar-refractivity contribution >= 4 is 29.7 Å². The minimum atomic E-state index is -1.52. The second kappa shape index (κ2) is 15.1. The standard InChI is InChI=1S/C26H32N4O9/c27-18(12-16-6-8-17(32)9-7-16)23(35)30-21(14-31)25(37)29-20(13-15-4-2-1-3-5-15)24(36)28-19(26(38)39)10-11-22(33)34/h1-9,18-21,31-32H,10-14,27H2,(H,28,36)(H,29,37)(H,30,35)(H,33,34)(H,38,39). The predicted octanol–water partition coefficient (Wildman–Crippen LogP) is -1.10. The Kier molecular flexibility index (Phi) is 11.9. The van der Waals surface area contributed by atoms with Crippen LogP contribution in [-0.4, -0.2) is 80.9 Å². The first-order valence-corrected chi connectivity index (χ1v) is 12.0. The third-order valence-corrected chi connectivity index (χ3v) is 5.72. The van der Waals surface area contributed by atoms with Crippen molar-refractivity contribution in [3.63, 3.8) is 0 Å². The molecule has 0 aliphatic heterocycles. The van der Waals surface area contributed by atoms with E-state index in [9.17, 15) is 39.3 Å². The molecule has 39 heavy (non-hydrogen) atoms. The van der Waals surface area contributed by atoms with Crippen molar-refractivity contribution < 1.29 is 44.4 Å². The molecule has 0 aliphatic rings. The molecule has 2 rings (SSSR count). The van der Waals surface area contributed by atoms with Gasteiger partial charge in [0.25, 0.3) is 0 Å². The van der Waals surface area contributed by atoms with E-state index < -0.39 is 66.9 Å². The summed E-state index contributed by atoms with van der Waals surface area (Å²) in [6.07, 6.45) is -0.861. The van der Waals surface area contributed by atoms with Gasteiger partial charge in [0.2, 0.25) is 17.7 Å². The number of aliphatic carboxylic acids is 2. The van der Waals surface area contributed by atoms with Gasteiger partial charge in [-0.05, 0) is 36.1 Å². The monoisotopic (exact) mass is 544 g/mol. The molecule has 3 amide bonds. The molecule has 0 aromatic heterocycles. The largest absolute Gasteiger partial charge is 0.508 e. The van der Waals surface area contributed by atoms with Crippen LogP contribution in [0.1, 0.15) is 24.0 Å². The first-order chi connectivity index (χ1) is 18.5. The zero-order chi connectivity index (χ0) is 28.9. The third kappa shape index (κ3) is 10.4. The van der Waals surface area contributed by atoms with Crippen LogP contribution >= 0.6 is 0 Å². The first kappa shape index (κ1) is 30.7. The molecule has 0 saturated carbocycles. The van der Waals surface area contributed by atoms with E-state index in [1.807, 2.05) is 0 Å². The Morgan fingerprint density at radius 2 is 1.26 bits per heavy atom. The molecule has 0 aliphatic carbocycles. The molecule has 9 N–H and O–H groups in total. The number of phenols is 1. The number of amides is 3. The van der Waals surface area contributed by atoms with Crippen molar-refractivity contribution in [1.82, 2.24) is 16.0 Å². The Balaban J connectivity index is 2.11. The van der Waals surface area contributed by atoms with Crippen molar-refractivity contribution in [2.75, 3.05) is 6.61 Å². The van der Waals surface area contributed by atoms with E-state index in [1.54, 1.807) is 42.5 Å². The minimum absolute atomic E-state index is 0.0412. The van der Waals surface area contributed by atoms with E-state index in [0.29, 0.717) is 11.1 Å². The molecule has 210 valence electrons. The quantitative estimate of drug-likeness (QED) is 0.135. The molecule has 0 spiro atoms. The number of aliphatic hydroxyl groups is 1. The lowest BCUT2D eigenvalue weighted by Gasteiger charge is -2.24. The van der Waals surface area contributed by atoms with Crippen molar-refractivity contribution in [1.29, 1.82) is 0 Å². The second-order valence-electron chi connectivity index (χ2n) is 8.80. The third-order valence-electron chi connectivity index (χ3n) is 5.72. The predicted molar refractivity (Wildman–Crippen MR) is 137 cm³/mol. The number of nitrogens with two attached hydrogens (primary N) is 1. The Morgan fingerprint density at radius 1 is 0.718 bits per heavy atom. The van der Waals surface area contributed by atoms with Gasteiger partial charge in [0, 0.05) is 12.8 Å². The van der Waals surface area contributed by atoms with Gasteiger partial charge in [-0.1, -0.05) is 42.5 Å². The van der Waals surface area contributed by atoms with Gasteiger partial charge in [-0.25, -0.2) is 4.79 Å². The summed E-state index contributed by atoms with van der Waals surface area (Å²) in [5.41, 5.74) is 7.20. The zero-order valence-electron chi connectivity index (χ0n) is 20.9. The molecule has 13 nitrogen and oxygen atoms in total. The molecule has 0 fully saturated rings. The van der Waals surface area contributed by atoms with Gasteiger partial charge in [-0.15, -0.1) is 0 Å². The molecule has 4 atom stereocenters. The van der Waals surface area contributed by atoms with Crippen molar-refractivity contribution in [2.45, 2.75) is 49.9 Å². The van der Waals surface area contributed by atoms with E-state index in [0.717, 1.165) is 0 Å². The Bertz CT molecular complexity index is 1140. The van der Waals surface area contributed by atoms with Crippen molar-refractivity contribution in [3.05, 3.63) is 65.7 Å². The summed E-state index contributed by atoms with van der Waals surface area (Å²) in [6, 6.07) is 9.10. The molecule has 4 unspecified atom stereocenters. The Labute approximate surface area is 224 Å². The van der Waals surface area contributed by atoms with Crippen LogP contribution in [0.2, 0.25) is 0 Å². The highest BCUT2D eigenvalue weighted by molar-refractivity contribution is 5.94. The van der Waals surface area contributed by atoms with Gasteiger partial charge in [0.1, 0.15) is 23.9 Å². The van der Waals surface area contributed by atoms with Gasteiger partial charge >= 0.3 is 11.9 Å². The smallest absolute Gasteiger partial charge is 0.326 e. The topological polar surface area (TPSA) is 228 Å². The van der Waals surface area contributed by atoms with E-state index in [1.165, 1.54) is 12.1 Å². The van der Waals surface area contributed by atoms with Crippen molar-refractivity contribution in [3.8, 4) is 5.75 Å². The highest BCUT2D eigenvalue weighted by Crippen LogP contribution is 2.11. The molecule has 0 radical (unpaired) electrons. The molecular formula is C26H32N4O9. The number of carbonyl (C=O) groups excluding carboxylic acids is 3. The number of hydrogen-bond acceptors (Lipinski definition) is 8. The minimum Gasteiger partial charge on any atom is -0.508 e. The van der Waals surface area contributed by atoms with Crippen LogP contribution in [0.3, 0.4) is 0 Å². The number of benzene rings is 2. The number of rotatable bonds is 15. The normalized spacial score (nSPS) is 13.8. The molecule has 2 aromatic rings. The lowest BCUT2D eigenvalue weighted by atomic mass is 10.0. The molecule has 2 aromatic carbocycles. The van der Waals surface area contributed by atoms with E-state index in [2.05, 4.69) is 16.0 Å². The fraction of sp³-hybridized carbons (Fsp3) is 0.346. The van der Waals surface area contributed by atoms with Crippen LogP contribution in [0.25, 0.3) is 0 Å². The van der Waals surface area contributed by atoms with Gasteiger partial charge in [-0.2, -0.15) is 0 Å². The zero-order valence-corrected chi connectivity index (χ0v) is 20.9. The fourth-order valence-electron chi connectivity index (χ4n) is 3.58. The summed E-state index contributed by atoms with van der Waals surface area (Å²) >= 11 is 0. The summed E-state index contributed by atoms with van der Waals surface area (Å²) in [7, 11) is 0. The van der Waals surface area contributed by atoms with Crippen LogP contribution in [0.15, 0.2) is 54.6 Å². The highest BCUT2D eigenvalue weighted by Gasteiger charge is 2.30. The summed E-state index contributed by atoms with van der Waals surface area (Å²) in [5, 5.41) is 44.4. The molecule has 0 saturated heterocycles. The Hall–Kier alpha value is -4.49. The van der Waals surface area contributed by atoms with Crippen molar-refractivity contribution in [2.24, 2.45) is 5.73 Å². The van der Waals surface area contributed by atoms with E-state index >= 15 is 0 Å². The SMILES string of the molecule is NC(Cc1ccc(O)cc1)C(=O)NC(CO)C(=O)NC(Cc1ccccc1)C(=O)NC(CCC(=O)O)C(=O)O. The first-order valence-electron chi connectivity index (χ1n) is 12.0. The maximum absolute atomic E-state index is 13.0. The number of aliphatic hydroxyl groups excluding tert-OH is 1. The summed E-state index contributed by atoms with van der Waals surface area (Å²) in [4.78, 5) is 60.9. The molecule has 0 heterocycles. The number of nitrogens with one attached hydrogen (secondary N) is 3. The van der Waals surface area contributed by atoms with Crippen LogP contribution in [0, 0.1) is 0 Å². The lowest BCUT2D eigenvalue weighted by molar-refractivity contribution is -0.143. The number of hydrogen-bond donors (Lipinski definition) is 8. The van der Waals surface area contributed by atoms with Crippen LogP contribution in [-0.2, 0) is 36.8 Å². The maximum atomic E-state index is 13.0. The van der Waals surface area contributed by atoms with Gasteiger partial charge in [0.05, 0.1) is 12.6 Å². The van der Waals surface area contributed by atoms with E-state index in [-0.39, 0.29) is 25.0 Å². The summed E-state index contributed by atoms with van der Waals surface area (Å²) < 4.78 is 0. The molecule has 0 bridgehead atoms. The van der Waals surface area contributed by atoms with Gasteiger partial charge in [0.15, 0.2) is 0 Å².